The summed E-state index contributed by atoms with van der Waals surface area (Å²) >= 11 is 0. The van der Waals surface area contributed by atoms with Crippen LogP contribution in [0.4, 0.5) is 0 Å². The van der Waals surface area contributed by atoms with Crippen LogP contribution in [0.1, 0.15) is 33.2 Å². The minimum atomic E-state index is -1.03. The summed E-state index contributed by atoms with van der Waals surface area (Å²) in [6.07, 6.45) is -0.245. The van der Waals surface area contributed by atoms with Gasteiger partial charge in [-0.1, -0.05) is 0 Å². The third-order valence-electron chi connectivity index (χ3n) is 2.18. The number of benzene rings is 1. The van der Waals surface area contributed by atoms with Gasteiger partial charge >= 0.3 is 11.9 Å². The lowest BCUT2D eigenvalue weighted by Gasteiger charge is -2.05. The number of methoxy groups -OCH3 is 1. The number of aliphatic carboxylic acids is 1. The van der Waals surface area contributed by atoms with Crippen LogP contribution in [0.15, 0.2) is 18.2 Å². The lowest BCUT2D eigenvalue weighted by Crippen LogP contribution is -2.07. The first-order valence-corrected chi connectivity index (χ1v) is 4.89. The Balaban J connectivity index is 3.23. The maximum absolute atomic E-state index is 11.3. The van der Waals surface area contributed by atoms with E-state index in [1.165, 1.54) is 32.2 Å². The molecule has 0 atom stereocenters. The summed E-state index contributed by atoms with van der Waals surface area (Å²) in [6, 6.07) is 4.26. The van der Waals surface area contributed by atoms with E-state index in [-0.39, 0.29) is 17.8 Å². The Bertz CT molecular complexity index is 476. The highest BCUT2D eigenvalue weighted by atomic mass is 16.5. The molecule has 0 aliphatic heterocycles. The molecule has 0 saturated heterocycles. The van der Waals surface area contributed by atoms with Gasteiger partial charge < -0.3 is 9.84 Å². The van der Waals surface area contributed by atoms with Crippen molar-refractivity contribution in [3.63, 3.8) is 0 Å². The number of rotatable bonds is 4. The summed E-state index contributed by atoms with van der Waals surface area (Å²) < 4.78 is 4.53. The second kappa shape index (κ2) is 5.25. The van der Waals surface area contributed by atoms with Crippen molar-refractivity contribution in [3.05, 3.63) is 34.9 Å². The summed E-state index contributed by atoms with van der Waals surface area (Å²) in [4.78, 5) is 33.2. The average molecular weight is 236 g/mol. The van der Waals surface area contributed by atoms with Crippen LogP contribution in [0.2, 0.25) is 0 Å². The first-order valence-electron chi connectivity index (χ1n) is 4.89. The molecule has 17 heavy (non-hydrogen) atoms. The third-order valence-corrected chi connectivity index (χ3v) is 2.18. The van der Waals surface area contributed by atoms with Crippen LogP contribution in [0.25, 0.3) is 0 Å². The Kier molecular flexibility index (Phi) is 3.98. The van der Waals surface area contributed by atoms with Gasteiger partial charge in [-0.05, 0) is 30.7 Å². The van der Waals surface area contributed by atoms with Crippen molar-refractivity contribution < 1.29 is 24.2 Å². The molecule has 0 spiro atoms. The standard InChI is InChI=1S/C12H12O5/c1-7(13)9-3-8(5-11(14)15)4-10(6-9)12(16)17-2/h3-4,6H,5H2,1-2H3,(H,14,15). The molecule has 0 aromatic heterocycles. The van der Waals surface area contributed by atoms with E-state index in [0.29, 0.717) is 11.1 Å². The SMILES string of the molecule is COC(=O)c1cc(CC(=O)O)cc(C(C)=O)c1. The smallest absolute Gasteiger partial charge is 0.337 e. The minimum absolute atomic E-state index is 0.177. The molecule has 1 aromatic carbocycles. The number of carboxylic acid groups (broad SMARTS) is 1. The summed E-state index contributed by atoms with van der Waals surface area (Å²) in [5.41, 5.74) is 0.867. The number of ether oxygens (including phenoxy) is 1. The van der Waals surface area contributed by atoms with Crippen LogP contribution in [0.3, 0.4) is 0 Å². The van der Waals surface area contributed by atoms with Crippen molar-refractivity contribution in [2.45, 2.75) is 13.3 Å². The third kappa shape index (κ3) is 3.41. The van der Waals surface area contributed by atoms with Crippen molar-refractivity contribution in [1.29, 1.82) is 0 Å². The zero-order valence-corrected chi connectivity index (χ0v) is 9.52. The van der Waals surface area contributed by atoms with Gasteiger partial charge in [-0.25, -0.2) is 4.79 Å². The second-order valence-corrected chi connectivity index (χ2v) is 3.54. The van der Waals surface area contributed by atoms with Gasteiger partial charge in [0, 0.05) is 5.56 Å². The van der Waals surface area contributed by atoms with Gasteiger partial charge in [0.05, 0.1) is 19.1 Å². The van der Waals surface area contributed by atoms with E-state index < -0.39 is 11.9 Å². The van der Waals surface area contributed by atoms with Gasteiger partial charge in [0.2, 0.25) is 0 Å². The molecular weight excluding hydrogens is 224 g/mol. The molecule has 0 radical (unpaired) electrons. The van der Waals surface area contributed by atoms with Crippen molar-refractivity contribution in [2.24, 2.45) is 0 Å². The minimum Gasteiger partial charge on any atom is -0.481 e. The number of carbonyl (C=O) groups is 3. The summed E-state index contributed by atoms with van der Waals surface area (Å²) in [5, 5.41) is 8.68. The molecule has 0 heterocycles. The normalized spacial score (nSPS) is 9.76. The molecule has 0 saturated carbocycles. The molecule has 1 rings (SSSR count). The number of esters is 1. The highest BCUT2D eigenvalue weighted by molar-refractivity contribution is 5.98. The topological polar surface area (TPSA) is 80.7 Å². The molecule has 0 bridgehead atoms. The van der Waals surface area contributed by atoms with Crippen LogP contribution < -0.4 is 0 Å². The Morgan fingerprint density at radius 3 is 2.24 bits per heavy atom. The van der Waals surface area contributed by atoms with E-state index in [9.17, 15) is 14.4 Å². The summed E-state index contributed by atoms with van der Waals surface area (Å²) in [7, 11) is 1.22. The van der Waals surface area contributed by atoms with E-state index in [2.05, 4.69) is 4.74 Å². The Morgan fingerprint density at radius 1 is 1.18 bits per heavy atom. The maximum Gasteiger partial charge on any atom is 0.337 e. The van der Waals surface area contributed by atoms with Gasteiger partial charge in [-0.15, -0.1) is 0 Å². The van der Waals surface area contributed by atoms with E-state index in [1.54, 1.807) is 0 Å². The molecule has 1 N–H and O–H groups in total. The molecule has 90 valence electrons. The van der Waals surface area contributed by atoms with Crippen LogP contribution in [0, 0.1) is 0 Å². The van der Waals surface area contributed by atoms with Crippen molar-refractivity contribution in [3.8, 4) is 0 Å². The average Bonchev–Trinajstić information content (AvgIpc) is 2.26. The molecule has 0 amide bonds. The van der Waals surface area contributed by atoms with E-state index in [0.717, 1.165) is 0 Å². The first kappa shape index (κ1) is 12.9. The first-order chi connectivity index (χ1) is 7.93. The number of ketones is 1. The summed E-state index contributed by atoms with van der Waals surface area (Å²) in [5.74, 6) is -1.86. The molecule has 5 heteroatoms. The monoisotopic (exact) mass is 236 g/mol. The van der Waals surface area contributed by atoms with Gasteiger partial charge in [-0.2, -0.15) is 0 Å². The highest BCUT2D eigenvalue weighted by Crippen LogP contribution is 2.13. The van der Waals surface area contributed by atoms with Crippen molar-refractivity contribution in [2.75, 3.05) is 7.11 Å². The number of hydrogen-bond acceptors (Lipinski definition) is 4. The number of Topliss-reactive ketones (excluding diaryl/α,β-unsaturated/α-hetero) is 1. The van der Waals surface area contributed by atoms with E-state index in [1.807, 2.05) is 0 Å². The van der Waals surface area contributed by atoms with Crippen molar-refractivity contribution in [1.82, 2.24) is 0 Å². The van der Waals surface area contributed by atoms with Crippen LogP contribution >= 0.6 is 0 Å². The lowest BCUT2D eigenvalue weighted by atomic mass is 10.0. The second-order valence-electron chi connectivity index (χ2n) is 3.54. The predicted octanol–water partition coefficient (Wildman–Crippen LogP) is 1.30. The molecule has 0 aliphatic carbocycles. The Morgan fingerprint density at radius 2 is 1.76 bits per heavy atom. The molecule has 0 aliphatic rings. The molecule has 0 fully saturated rings. The molecule has 5 nitrogen and oxygen atoms in total. The largest absolute Gasteiger partial charge is 0.481 e. The van der Waals surface area contributed by atoms with Gasteiger partial charge in [-0.3, -0.25) is 9.59 Å². The van der Waals surface area contributed by atoms with E-state index >= 15 is 0 Å². The Hall–Kier alpha value is -2.17. The number of hydrogen-bond donors (Lipinski definition) is 1. The van der Waals surface area contributed by atoms with Crippen LogP contribution in [-0.2, 0) is 16.0 Å². The fraction of sp³-hybridized carbons (Fsp3) is 0.250. The zero-order valence-electron chi connectivity index (χ0n) is 9.52. The van der Waals surface area contributed by atoms with Crippen LogP contribution in [-0.4, -0.2) is 29.9 Å². The molecule has 1 aromatic rings. The van der Waals surface area contributed by atoms with Crippen LogP contribution in [0.5, 0.6) is 0 Å². The van der Waals surface area contributed by atoms with Gasteiger partial charge in [0.1, 0.15) is 0 Å². The summed E-state index contributed by atoms with van der Waals surface area (Å²) in [6.45, 7) is 1.35. The van der Waals surface area contributed by atoms with E-state index in [4.69, 9.17) is 5.11 Å². The Labute approximate surface area is 98.0 Å². The lowest BCUT2D eigenvalue weighted by molar-refractivity contribution is -0.136. The number of carboxylic acids is 1. The fourth-order valence-corrected chi connectivity index (χ4v) is 1.41. The quantitative estimate of drug-likeness (QED) is 0.629. The molecular formula is C12H12O5. The molecule has 0 unspecified atom stereocenters. The number of carbonyl (C=O) groups excluding carboxylic acids is 2. The highest BCUT2D eigenvalue weighted by Gasteiger charge is 2.12. The van der Waals surface area contributed by atoms with Gasteiger partial charge in [0.25, 0.3) is 0 Å². The van der Waals surface area contributed by atoms with Gasteiger partial charge in [0.15, 0.2) is 5.78 Å². The zero-order chi connectivity index (χ0) is 13.0. The fourth-order valence-electron chi connectivity index (χ4n) is 1.41. The van der Waals surface area contributed by atoms with Crippen molar-refractivity contribution >= 4 is 17.7 Å². The predicted molar refractivity (Wildman–Crippen MR) is 59.1 cm³/mol. The maximum atomic E-state index is 11.3.